The maximum Gasteiger partial charge on any atom is 0.335 e. The Hall–Kier alpha value is -3.26. The van der Waals surface area contributed by atoms with Crippen LogP contribution in [0.3, 0.4) is 0 Å². The van der Waals surface area contributed by atoms with Crippen LogP contribution in [0.25, 0.3) is 21.5 Å². The number of aromatic amines is 1. The number of aromatic nitrogens is 4. The van der Waals surface area contributed by atoms with Crippen molar-refractivity contribution >= 4 is 39.2 Å². The Morgan fingerprint density at radius 2 is 2.00 bits per heavy atom. The number of aromatic carboxylic acids is 1. The van der Waals surface area contributed by atoms with Crippen LogP contribution < -0.4 is 5.32 Å². The number of rotatable bonds is 4. The topological polar surface area (TPSA) is 104 Å². The first kappa shape index (κ1) is 14.3. The number of hydrogen-bond acceptors (Lipinski definition) is 6. The standard InChI is InChI=1S/C16H11N5O2S/c22-16(23)10-3-1-9(2-4-10)12-7-13(21-20-12)19-15-14-11(5-6-24-14)17-8-18-15/h1-8H,(H,22,23)(H2,17,18,19,20,21). The zero-order valence-corrected chi connectivity index (χ0v) is 13.0. The van der Waals surface area contributed by atoms with E-state index in [1.807, 2.05) is 17.5 Å². The summed E-state index contributed by atoms with van der Waals surface area (Å²) in [6.45, 7) is 0. The van der Waals surface area contributed by atoms with Gasteiger partial charge in [0, 0.05) is 6.07 Å². The number of benzene rings is 1. The molecule has 0 spiro atoms. The lowest BCUT2D eigenvalue weighted by atomic mass is 10.1. The van der Waals surface area contributed by atoms with E-state index in [0.29, 0.717) is 11.6 Å². The molecule has 3 N–H and O–H groups in total. The van der Waals surface area contributed by atoms with Gasteiger partial charge < -0.3 is 10.4 Å². The van der Waals surface area contributed by atoms with Crippen LogP contribution in [0.15, 0.2) is 48.1 Å². The third-order valence-electron chi connectivity index (χ3n) is 3.51. The van der Waals surface area contributed by atoms with E-state index in [0.717, 1.165) is 21.5 Å². The lowest BCUT2D eigenvalue weighted by Gasteiger charge is -2.01. The number of H-pyrrole nitrogens is 1. The summed E-state index contributed by atoms with van der Waals surface area (Å²) >= 11 is 1.56. The number of hydrogen-bond donors (Lipinski definition) is 3. The van der Waals surface area contributed by atoms with Crippen LogP contribution in [-0.2, 0) is 0 Å². The van der Waals surface area contributed by atoms with Crippen molar-refractivity contribution in [2.45, 2.75) is 0 Å². The second-order valence-corrected chi connectivity index (χ2v) is 5.95. The van der Waals surface area contributed by atoms with Crippen molar-refractivity contribution in [3.63, 3.8) is 0 Å². The minimum Gasteiger partial charge on any atom is -0.478 e. The van der Waals surface area contributed by atoms with Crippen LogP contribution >= 0.6 is 11.3 Å². The normalized spacial score (nSPS) is 10.8. The molecule has 0 aliphatic heterocycles. The molecule has 0 aliphatic carbocycles. The molecule has 4 rings (SSSR count). The van der Waals surface area contributed by atoms with E-state index in [4.69, 9.17) is 5.11 Å². The molecule has 0 fully saturated rings. The number of nitrogens with zero attached hydrogens (tertiary/aromatic N) is 3. The Balaban J connectivity index is 1.61. The minimum absolute atomic E-state index is 0.248. The number of carboxylic acids is 1. The molecular weight excluding hydrogens is 326 g/mol. The van der Waals surface area contributed by atoms with E-state index >= 15 is 0 Å². The summed E-state index contributed by atoms with van der Waals surface area (Å²) in [7, 11) is 0. The third-order valence-corrected chi connectivity index (χ3v) is 4.42. The molecule has 0 unspecified atom stereocenters. The molecule has 0 aliphatic rings. The summed E-state index contributed by atoms with van der Waals surface area (Å²) in [5.41, 5.74) is 2.77. The average molecular weight is 337 g/mol. The van der Waals surface area contributed by atoms with Crippen molar-refractivity contribution in [3.8, 4) is 11.3 Å². The molecule has 0 saturated heterocycles. The van der Waals surface area contributed by atoms with Crippen molar-refractivity contribution in [2.24, 2.45) is 0 Å². The summed E-state index contributed by atoms with van der Waals surface area (Å²) in [6.07, 6.45) is 1.51. The SMILES string of the molecule is O=C(O)c1ccc(-c2cc(Nc3ncnc4ccsc34)n[nH]2)cc1. The highest BCUT2D eigenvalue weighted by Gasteiger charge is 2.09. The highest BCUT2D eigenvalue weighted by atomic mass is 32.1. The van der Waals surface area contributed by atoms with Crippen LogP contribution in [0.2, 0.25) is 0 Å². The molecule has 0 bridgehead atoms. The van der Waals surface area contributed by atoms with Gasteiger partial charge in [0.1, 0.15) is 6.33 Å². The van der Waals surface area contributed by atoms with Crippen LogP contribution in [0.4, 0.5) is 11.6 Å². The lowest BCUT2D eigenvalue weighted by molar-refractivity contribution is 0.0697. The minimum atomic E-state index is -0.947. The highest BCUT2D eigenvalue weighted by molar-refractivity contribution is 7.17. The Kier molecular flexibility index (Phi) is 3.43. The van der Waals surface area contributed by atoms with E-state index in [1.54, 1.807) is 35.6 Å². The van der Waals surface area contributed by atoms with Gasteiger partial charge in [-0.05, 0) is 29.1 Å². The monoisotopic (exact) mass is 337 g/mol. The van der Waals surface area contributed by atoms with Crippen LogP contribution in [0.5, 0.6) is 0 Å². The third kappa shape index (κ3) is 2.59. The van der Waals surface area contributed by atoms with E-state index in [2.05, 4.69) is 25.5 Å². The molecule has 7 nitrogen and oxygen atoms in total. The Morgan fingerprint density at radius 3 is 2.79 bits per heavy atom. The zero-order valence-electron chi connectivity index (χ0n) is 12.2. The highest BCUT2D eigenvalue weighted by Crippen LogP contribution is 2.28. The Morgan fingerprint density at radius 1 is 1.17 bits per heavy atom. The fourth-order valence-corrected chi connectivity index (χ4v) is 3.12. The first-order valence-electron chi connectivity index (χ1n) is 7.05. The Bertz CT molecular complexity index is 1020. The van der Waals surface area contributed by atoms with Gasteiger partial charge in [0.2, 0.25) is 0 Å². The summed E-state index contributed by atoms with van der Waals surface area (Å²) in [6, 6.07) is 10.4. The smallest absolute Gasteiger partial charge is 0.335 e. The van der Waals surface area contributed by atoms with Crippen molar-refractivity contribution in [1.82, 2.24) is 20.2 Å². The molecule has 3 heterocycles. The molecule has 0 radical (unpaired) electrons. The summed E-state index contributed by atoms with van der Waals surface area (Å²) in [5, 5.41) is 21.2. The predicted molar refractivity (Wildman–Crippen MR) is 91.7 cm³/mol. The van der Waals surface area contributed by atoms with Gasteiger partial charge in [-0.25, -0.2) is 14.8 Å². The quantitative estimate of drug-likeness (QED) is 0.526. The molecule has 8 heteroatoms. The van der Waals surface area contributed by atoms with Gasteiger partial charge in [-0.15, -0.1) is 11.3 Å². The maximum atomic E-state index is 10.9. The van der Waals surface area contributed by atoms with Crippen molar-refractivity contribution in [1.29, 1.82) is 0 Å². The van der Waals surface area contributed by atoms with Gasteiger partial charge >= 0.3 is 5.97 Å². The fourth-order valence-electron chi connectivity index (χ4n) is 2.33. The number of nitrogens with one attached hydrogen (secondary N) is 2. The molecule has 0 atom stereocenters. The molecule has 3 aromatic heterocycles. The molecule has 118 valence electrons. The molecule has 4 aromatic rings. The number of carbonyl (C=O) groups is 1. The van der Waals surface area contributed by atoms with Gasteiger partial charge in [-0.1, -0.05) is 12.1 Å². The largest absolute Gasteiger partial charge is 0.478 e. The van der Waals surface area contributed by atoms with E-state index in [9.17, 15) is 4.79 Å². The van der Waals surface area contributed by atoms with Crippen LogP contribution in [0.1, 0.15) is 10.4 Å². The summed E-state index contributed by atoms with van der Waals surface area (Å²) in [4.78, 5) is 19.4. The zero-order chi connectivity index (χ0) is 16.5. The molecule has 24 heavy (non-hydrogen) atoms. The first-order valence-corrected chi connectivity index (χ1v) is 7.93. The number of anilines is 2. The average Bonchev–Trinajstić information content (AvgIpc) is 3.24. The predicted octanol–water partition coefficient (Wildman–Crippen LogP) is 3.52. The number of fused-ring (bicyclic) bond motifs is 1. The van der Waals surface area contributed by atoms with Gasteiger partial charge in [-0.2, -0.15) is 5.10 Å². The summed E-state index contributed by atoms with van der Waals surface area (Å²) in [5.74, 6) is 0.382. The van der Waals surface area contributed by atoms with Crippen molar-refractivity contribution in [3.05, 3.63) is 53.7 Å². The van der Waals surface area contributed by atoms with Crippen LogP contribution in [0, 0.1) is 0 Å². The molecular formula is C16H11N5O2S. The number of thiophene rings is 1. The molecule has 0 amide bonds. The molecule has 1 aromatic carbocycles. The van der Waals surface area contributed by atoms with E-state index in [-0.39, 0.29) is 5.56 Å². The van der Waals surface area contributed by atoms with Crippen molar-refractivity contribution in [2.75, 3.05) is 5.32 Å². The van der Waals surface area contributed by atoms with Crippen LogP contribution in [-0.4, -0.2) is 31.2 Å². The van der Waals surface area contributed by atoms with Gasteiger partial charge in [0.05, 0.1) is 21.5 Å². The summed E-state index contributed by atoms with van der Waals surface area (Å²) < 4.78 is 0.966. The van der Waals surface area contributed by atoms with Gasteiger partial charge in [-0.3, -0.25) is 5.10 Å². The van der Waals surface area contributed by atoms with Crippen molar-refractivity contribution < 1.29 is 9.90 Å². The Labute approximate surface area is 140 Å². The van der Waals surface area contributed by atoms with Gasteiger partial charge in [0.15, 0.2) is 11.6 Å². The number of carboxylic acid groups (broad SMARTS) is 1. The van der Waals surface area contributed by atoms with Gasteiger partial charge in [0.25, 0.3) is 0 Å². The second kappa shape index (κ2) is 5.74. The maximum absolute atomic E-state index is 10.9. The lowest BCUT2D eigenvalue weighted by Crippen LogP contribution is -1.94. The van der Waals surface area contributed by atoms with E-state index in [1.165, 1.54) is 6.33 Å². The second-order valence-electron chi connectivity index (χ2n) is 5.03. The first-order chi connectivity index (χ1) is 11.7. The molecule has 0 saturated carbocycles. The van der Waals surface area contributed by atoms with E-state index < -0.39 is 5.97 Å². The fraction of sp³-hybridized carbons (Fsp3) is 0.